The maximum atomic E-state index is 5.43. The van der Waals surface area contributed by atoms with Gasteiger partial charge in [0.25, 0.3) is 0 Å². The Morgan fingerprint density at radius 2 is 2.29 bits per heavy atom. The SMILES string of the molecule is Brc1ccc(COc2cccnc2)o1. The standard InChI is InChI=1S/C10H8BrNO2/c11-10-4-3-9(14-10)7-13-8-2-1-5-12-6-8/h1-6H,7H2. The maximum Gasteiger partial charge on any atom is 0.169 e. The molecule has 0 fully saturated rings. The quantitative estimate of drug-likeness (QED) is 0.844. The number of aromatic nitrogens is 1. The number of rotatable bonds is 3. The minimum Gasteiger partial charge on any atom is -0.484 e. The smallest absolute Gasteiger partial charge is 0.169 e. The van der Waals surface area contributed by atoms with E-state index in [0.29, 0.717) is 11.3 Å². The van der Waals surface area contributed by atoms with Crippen molar-refractivity contribution in [1.82, 2.24) is 4.98 Å². The van der Waals surface area contributed by atoms with Crippen LogP contribution in [0.15, 0.2) is 45.7 Å². The van der Waals surface area contributed by atoms with Gasteiger partial charge < -0.3 is 9.15 Å². The van der Waals surface area contributed by atoms with E-state index in [1.165, 1.54) is 0 Å². The van der Waals surface area contributed by atoms with E-state index < -0.39 is 0 Å². The molecular formula is C10H8BrNO2. The Balaban J connectivity index is 1.95. The van der Waals surface area contributed by atoms with E-state index >= 15 is 0 Å². The fourth-order valence-electron chi connectivity index (χ4n) is 1.02. The van der Waals surface area contributed by atoms with Crippen molar-refractivity contribution in [2.24, 2.45) is 0 Å². The van der Waals surface area contributed by atoms with Crippen molar-refractivity contribution in [3.8, 4) is 5.75 Å². The molecule has 0 spiro atoms. The van der Waals surface area contributed by atoms with E-state index in [1.54, 1.807) is 12.4 Å². The second-order valence-electron chi connectivity index (χ2n) is 2.68. The van der Waals surface area contributed by atoms with Gasteiger partial charge in [0.2, 0.25) is 0 Å². The summed E-state index contributed by atoms with van der Waals surface area (Å²) in [7, 11) is 0. The van der Waals surface area contributed by atoms with Crippen LogP contribution in [0.1, 0.15) is 5.76 Å². The molecule has 0 aliphatic heterocycles. The topological polar surface area (TPSA) is 35.3 Å². The Morgan fingerprint density at radius 1 is 1.36 bits per heavy atom. The van der Waals surface area contributed by atoms with Gasteiger partial charge in [-0.15, -0.1) is 0 Å². The molecule has 0 N–H and O–H groups in total. The fraction of sp³-hybridized carbons (Fsp3) is 0.100. The first-order chi connectivity index (χ1) is 6.84. The third kappa shape index (κ3) is 2.35. The van der Waals surface area contributed by atoms with Crippen LogP contribution in [0, 0.1) is 0 Å². The molecule has 4 heteroatoms. The summed E-state index contributed by atoms with van der Waals surface area (Å²) < 4.78 is 11.4. The highest BCUT2D eigenvalue weighted by Gasteiger charge is 2.00. The Labute approximate surface area is 89.8 Å². The lowest BCUT2D eigenvalue weighted by molar-refractivity contribution is 0.267. The van der Waals surface area contributed by atoms with Crippen molar-refractivity contribution >= 4 is 15.9 Å². The molecule has 2 aromatic rings. The minimum absolute atomic E-state index is 0.414. The Bertz CT molecular complexity index is 400. The van der Waals surface area contributed by atoms with Gasteiger partial charge in [0.15, 0.2) is 4.67 Å². The number of pyridine rings is 1. The molecule has 2 rings (SSSR count). The molecule has 0 amide bonds. The van der Waals surface area contributed by atoms with E-state index in [9.17, 15) is 0 Å². The highest BCUT2D eigenvalue weighted by molar-refractivity contribution is 9.10. The van der Waals surface area contributed by atoms with E-state index in [0.717, 1.165) is 11.5 Å². The molecule has 0 radical (unpaired) electrons. The molecule has 2 aromatic heterocycles. The number of nitrogens with zero attached hydrogens (tertiary/aromatic N) is 1. The first kappa shape index (κ1) is 9.27. The van der Waals surface area contributed by atoms with Crippen molar-refractivity contribution in [3.05, 3.63) is 47.1 Å². The molecule has 0 aliphatic carbocycles. The van der Waals surface area contributed by atoms with Gasteiger partial charge in [0.1, 0.15) is 18.1 Å². The summed E-state index contributed by atoms with van der Waals surface area (Å²) >= 11 is 3.22. The van der Waals surface area contributed by atoms with Crippen LogP contribution in [0.25, 0.3) is 0 Å². The predicted molar refractivity (Wildman–Crippen MR) is 55.0 cm³/mol. The van der Waals surface area contributed by atoms with Gasteiger partial charge in [-0.2, -0.15) is 0 Å². The normalized spacial score (nSPS) is 10.1. The Hall–Kier alpha value is -1.29. The van der Waals surface area contributed by atoms with Gasteiger partial charge in [0.05, 0.1) is 6.20 Å². The van der Waals surface area contributed by atoms with Crippen LogP contribution in [-0.4, -0.2) is 4.98 Å². The zero-order valence-electron chi connectivity index (χ0n) is 7.31. The lowest BCUT2D eigenvalue weighted by atomic mass is 10.4. The van der Waals surface area contributed by atoms with Crippen LogP contribution in [0.5, 0.6) is 5.75 Å². The van der Waals surface area contributed by atoms with Crippen LogP contribution < -0.4 is 4.74 Å². The Kier molecular flexibility index (Phi) is 2.84. The van der Waals surface area contributed by atoms with Gasteiger partial charge >= 0.3 is 0 Å². The van der Waals surface area contributed by atoms with E-state index in [2.05, 4.69) is 20.9 Å². The third-order valence-electron chi connectivity index (χ3n) is 1.64. The molecule has 0 unspecified atom stereocenters. The number of ether oxygens (including phenoxy) is 1. The van der Waals surface area contributed by atoms with Crippen molar-refractivity contribution in [1.29, 1.82) is 0 Å². The fourth-order valence-corrected chi connectivity index (χ4v) is 1.36. The molecule has 0 bridgehead atoms. The molecule has 0 saturated heterocycles. The average molecular weight is 254 g/mol. The molecular weight excluding hydrogens is 246 g/mol. The largest absolute Gasteiger partial charge is 0.484 e. The summed E-state index contributed by atoms with van der Waals surface area (Å²) in [6, 6.07) is 7.38. The number of halogens is 1. The second kappa shape index (κ2) is 4.28. The van der Waals surface area contributed by atoms with Crippen molar-refractivity contribution < 1.29 is 9.15 Å². The highest BCUT2D eigenvalue weighted by Crippen LogP contribution is 2.16. The lowest BCUT2D eigenvalue weighted by Gasteiger charge is -2.01. The summed E-state index contributed by atoms with van der Waals surface area (Å²) in [5, 5.41) is 0. The van der Waals surface area contributed by atoms with Gasteiger partial charge in [-0.05, 0) is 40.2 Å². The summed E-state index contributed by atoms with van der Waals surface area (Å²) in [5.41, 5.74) is 0. The summed E-state index contributed by atoms with van der Waals surface area (Å²) in [4.78, 5) is 3.94. The van der Waals surface area contributed by atoms with Gasteiger partial charge in [0, 0.05) is 6.20 Å². The molecule has 14 heavy (non-hydrogen) atoms. The second-order valence-corrected chi connectivity index (χ2v) is 3.46. The van der Waals surface area contributed by atoms with Gasteiger partial charge in [-0.3, -0.25) is 4.98 Å². The van der Waals surface area contributed by atoms with Gasteiger partial charge in [-0.25, -0.2) is 0 Å². The van der Waals surface area contributed by atoms with Crippen LogP contribution in [-0.2, 0) is 6.61 Å². The summed E-state index contributed by atoms with van der Waals surface area (Å²) in [6.45, 7) is 0.414. The number of hydrogen-bond acceptors (Lipinski definition) is 3. The lowest BCUT2D eigenvalue weighted by Crippen LogP contribution is -1.93. The number of furan rings is 1. The number of hydrogen-bond donors (Lipinski definition) is 0. The van der Waals surface area contributed by atoms with E-state index in [4.69, 9.17) is 9.15 Å². The first-order valence-electron chi connectivity index (χ1n) is 4.11. The first-order valence-corrected chi connectivity index (χ1v) is 4.91. The maximum absolute atomic E-state index is 5.43. The van der Waals surface area contributed by atoms with Crippen LogP contribution in [0.4, 0.5) is 0 Å². The van der Waals surface area contributed by atoms with Crippen molar-refractivity contribution in [3.63, 3.8) is 0 Å². The highest BCUT2D eigenvalue weighted by atomic mass is 79.9. The van der Waals surface area contributed by atoms with Crippen molar-refractivity contribution in [2.75, 3.05) is 0 Å². The molecule has 72 valence electrons. The predicted octanol–water partition coefficient (Wildman–Crippen LogP) is 3.02. The molecule has 3 nitrogen and oxygen atoms in total. The minimum atomic E-state index is 0.414. The molecule has 0 aromatic carbocycles. The molecule has 0 aliphatic rings. The molecule has 0 atom stereocenters. The van der Waals surface area contributed by atoms with E-state index in [-0.39, 0.29) is 0 Å². The zero-order valence-corrected chi connectivity index (χ0v) is 8.90. The summed E-state index contributed by atoms with van der Waals surface area (Å²) in [5.74, 6) is 1.51. The zero-order chi connectivity index (χ0) is 9.80. The monoisotopic (exact) mass is 253 g/mol. The molecule has 0 saturated carbocycles. The van der Waals surface area contributed by atoms with Crippen LogP contribution in [0.3, 0.4) is 0 Å². The van der Waals surface area contributed by atoms with Crippen molar-refractivity contribution in [2.45, 2.75) is 6.61 Å². The van der Waals surface area contributed by atoms with Crippen LogP contribution >= 0.6 is 15.9 Å². The Morgan fingerprint density at radius 3 is 2.93 bits per heavy atom. The third-order valence-corrected chi connectivity index (χ3v) is 2.07. The summed E-state index contributed by atoms with van der Waals surface area (Å²) in [6.07, 6.45) is 3.37. The molecule has 2 heterocycles. The average Bonchev–Trinajstić information content (AvgIpc) is 2.63. The van der Waals surface area contributed by atoms with Crippen LogP contribution in [0.2, 0.25) is 0 Å². The van der Waals surface area contributed by atoms with E-state index in [1.807, 2.05) is 24.3 Å². The van der Waals surface area contributed by atoms with Gasteiger partial charge in [-0.1, -0.05) is 0 Å².